The second-order valence-electron chi connectivity index (χ2n) is 2.61. The summed E-state index contributed by atoms with van der Waals surface area (Å²) in [6.07, 6.45) is 2.30. The fourth-order valence-corrected chi connectivity index (χ4v) is 1.34. The molecule has 1 aromatic rings. The lowest BCUT2D eigenvalue weighted by molar-refractivity contribution is -0.255. The van der Waals surface area contributed by atoms with Crippen LogP contribution in [0.5, 0.6) is 0 Å². The van der Waals surface area contributed by atoms with E-state index < -0.39 is 5.97 Å². The van der Waals surface area contributed by atoms with Crippen LogP contribution in [-0.2, 0) is 6.42 Å². The Morgan fingerprint density at radius 1 is 1.50 bits per heavy atom. The van der Waals surface area contributed by atoms with Gasteiger partial charge in [-0.3, -0.25) is 4.99 Å². The van der Waals surface area contributed by atoms with E-state index in [2.05, 4.69) is 4.99 Å². The van der Waals surface area contributed by atoms with Crippen LogP contribution in [0.15, 0.2) is 23.2 Å². The maximum atomic E-state index is 10.6. The quantitative estimate of drug-likeness (QED) is 0.593. The molecule has 3 nitrogen and oxygen atoms in total. The van der Waals surface area contributed by atoms with Crippen molar-refractivity contribution in [3.05, 3.63) is 29.3 Å². The second kappa shape index (κ2) is 2.44. The fraction of sp³-hybridized carbons (Fsp3) is 0.111. The standard InChI is InChI=1S/C9H7NO2/c11-9(12)7-2-1-3-8-6(7)4-5-10-8/h1-3,5H,4H2,(H,11,12)/p-1. The molecule has 12 heavy (non-hydrogen) atoms. The summed E-state index contributed by atoms with van der Waals surface area (Å²) >= 11 is 0. The number of aliphatic imine (C=N–C) groups is 1. The van der Waals surface area contributed by atoms with Crippen molar-refractivity contribution < 1.29 is 9.90 Å². The fourth-order valence-electron chi connectivity index (χ4n) is 1.34. The zero-order valence-corrected chi connectivity index (χ0v) is 6.28. The average molecular weight is 160 g/mol. The largest absolute Gasteiger partial charge is 0.545 e. The normalized spacial score (nSPS) is 13.0. The van der Waals surface area contributed by atoms with Crippen molar-refractivity contribution in [3.8, 4) is 0 Å². The molecule has 1 heterocycles. The Morgan fingerprint density at radius 2 is 2.33 bits per heavy atom. The first kappa shape index (κ1) is 7.03. The van der Waals surface area contributed by atoms with Crippen LogP contribution in [0.4, 0.5) is 5.69 Å². The van der Waals surface area contributed by atoms with Gasteiger partial charge in [-0.25, -0.2) is 0 Å². The van der Waals surface area contributed by atoms with Crippen LogP contribution in [0.1, 0.15) is 15.9 Å². The Morgan fingerprint density at radius 3 is 3.08 bits per heavy atom. The van der Waals surface area contributed by atoms with E-state index in [1.54, 1.807) is 24.4 Å². The smallest absolute Gasteiger partial charge is 0.0718 e. The van der Waals surface area contributed by atoms with E-state index in [-0.39, 0.29) is 5.56 Å². The summed E-state index contributed by atoms with van der Waals surface area (Å²) in [5.41, 5.74) is 1.76. The summed E-state index contributed by atoms with van der Waals surface area (Å²) in [7, 11) is 0. The van der Waals surface area contributed by atoms with Gasteiger partial charge in [0, 0.05) is 18.2 Å². The molecule has 1 aliphatic heterocycles. The van der Waals surface area contributed by atoms with Gasteiger partial charge in [0.25, 0.3) is 0 Å². The third-order valence-corrected chi connectivity index (χ3v) is 1.90. The van der Waals surface area contributed by atoms with E-state index >= 15 is 0 Å². The molecule has 2 rings (SSSR count). The Labute approximate surface area is 69.4 Å². The number of carbonyl (C=O) groups is 1. The first-order valence-corrected chi connectivity index (χ1v) is 3.65. The lowest BCUT2D eigenvalue weighted by Crippen LogP contribution is -2.23. The van der Waals surface area contributed by atoms with Gasteiger partial charge in [0.15, 0.2) is 0 Å². The van der Waals surface area contributed by atoms with E-state index in [1.165, 1.54) is 0 Å². The number of benzene rings is 1. The number of hydrogen-bond acceptors (Lipinski definition) is 3. The van der Waals surface area contributed by atoms with Crippen molar-refractivity contribution in [1.29, 1.82) is 0 Å². The van der Waals surface area contributed by atoms with Gasteiger partial charge in [0.2, 0.25) is 0 Å². The number of hydrogen-bond donors (Lipinski definition) is 0. The predicted molar refractivity (Wildman–Crippen MR) is 42.6 cm³/mol. The number of carboxylic acids is 1. The van der Waals surface area contributed by atoms with Crippen LogP contribution in [0, 0.1) is 0 Å². The molecule has 1 aliphatic rings. The third kappa shape index (κ3) is 0.906. The molecule has 0 bridgehead atoms. The molecule has 0 aliphatic carbocycles. The second-order valence-corrected chi connectivity index (χ2v) is 2.61. The Kier molecular flexibility index (Phi) is 1.43. The van der Waals surface area contributed by atoms with Crippen molar-refractivity contribution in [2.75, 3.05) is 0 Å². The molecule has 1 aromatic carbocycles. The van der Waals surface area contributed by atoms with E-state index in [4.69, 9.17) is 0 Å². The first-order valence-electron chi connectivity index (χ1n) is 3.65. The average Bonchev–Trinajstić information content (AvgIpc) is 2.49. The highest BCUT2D eigenvalue weighted by molar-refractivity contribution is 5.92. The first-order chi connectivity index (χ1) is 5.79. The monoisotopic (exact) mass is 160 g/mol. The van der Waals surface area contributed by atoms with Crippen molar-refractivity contribution >= 4 is 17.9 Å². The van der Waals surface area contributed by atoms with Crippen LogP contribution >= 0.6 is 0 Å². The molecule has 0 aromatic heterocycles. The number of fused-ring (bicyclic) bond motifs is 1. The van der Waals surface area contributed by atoms with E-state index in [9.17, 15) is 9.90 Å². The minimum Gasteiger partial charge on any atom is -0.545 e. The zero-order valence-electron chi connectivity index (χ0n) is 6.28. The molecule has 3 heteroatoms. The number of carbonyl (C=O) groups excluding carboxylic acids is 1. The van der Waals surface area contributed by atoms with E-state index in [1.807, 2.05) is 0 Å². The summed E-state index contributed by atoms with van der Waals surface area (Å²) < 4.78 is 0. The SMILES string of the molecule is O=C([O-])c1cccc2c1CC=N2. The van der Waals surface area contributed by atoms with Gasteiger partial charge in [-0.1, -0.05) is 12.1 Å². The molecule has 60 valence electrons. The Bertz CT molecular complexity index is 369. The van der Waals surface area contributed by atoms with Gasteiger partial charge in [-0.15, -0.1) is 0 Å². The van der Waals surface area contributed by atoms with Crippen molar-refractivity contribution in [2.24, 2.45) is 4.99 Å². The highest BCUT2D eigenvalue weighted by Gasteiger charge is 2.10. The van der Waals surface area contributed by atoms with Crippen molar-refractivity contribution in [2.45, 2.75) is 6.42 Å². The molecule has 0 spiro atoms. The summed E-state index contributed by atoms with van der Waals surface area (Å²) in [4.78, 5) is 14.6. The molecule has 0 atom stereocenters. The van der Waals surface area contributed by atoms with Gasteiger partial charge in [0.05, 0.1) is 11.7 Å². The number of carboxylic acid groups (broad SMARTS) is 1. The maximum absolute atomic E-state index is 10.6. The van der Waals surface area contributed by atoms with Gasteiger partial charge >= 0.3 is 0 Å². The minimum atomic E-state index is -1.13. The number of nitrogens with zero attached hydrogens (tertiary/aromatic N) is 1. The summed E-state index contributed by atoms with van der Waals surface area (Å²) in [6.45, 7) is 0. The summed E-state index contributed by atoms with van der Waals surface area (Å²) in [6, 6.07) is 5.01. The van der Waals surface area contributed by atoms with Gasteiger partial charge in [-0.05, 0) is 11.6 Å². The van der Waals surface area contributed by atoms with Gasteiger partial charge < -0.3 is 9.90 Å². The lowest BCUT2D eigenvalue weighted by Gasteiger charge is -2.06. The highest BCUT2D eigenvalue weighted by Crippen LogP contribution is 2.26. The van der Waals surface area contributed by atoms with Crippen LogP contribution in [0.25, 0.3) is 0 Å². The van der Waals surface area contributed by atoms with Crippen LogP contribution < -0.4 is 5.11 Å². The maximum Gasteiger partial charge on any atom is 0.0718 e. The van der Waals surface area contributed by atoms with Crippen molar-refractivity contribution in [3.63, 3.8) is 0 Å². The summed E-state index contributed by atoms with van der Waals surface area (Å²) in [5.74, 6) is -1.13. The number of rotatable bonds is 1. The van der Waals surface area contributed by atoms with Gasteiger partial charge in [0.1, 0.15) is 0 Å². The molecule has 0 fully saturated rings. The van der Waals surface area contributed by atoms with E-state index in [0.717, 1.165) is 11.3 Å². The minimum absolute atomic E-state index is 0.255. The van der Waals surface area contributed by atoms with Crippen LogP contribution in [0.2, 0.25) is 0 Å². The third-order valence-electron chi connectivity index (χ3n) is 1.90. The molecule has 0 N–H and O–H groups in total. The molecule has 0 saturated heterocycles. The predicted octanol–water partition coefficient (Wildman–Crippen LogP) is 0.308. The molecule has 0 unspecified atom stereocenters. The lowest BCUT2D eigenvalue weighted by atomic mass is 10.1. The summed E-state index contributed by atoms with van der Waals surface area (Å²) in [5, 5.41) is 10.6. The molecule has 0 amide bonds. The van der Waals surface area contributed by atoms with Crippen LogP contribution in [0.3, 0.4) is 0 Å². The molecular formula is C9H6NO2-. The van der Waals surface area contributed by atoms with Gasteiger partial charge in [-0.2, -0.15) is 0 Å². The molecule has 0 radical (unpaired) electrons. The topological polar surface area (TPSA) is 52.5 Å². The van der Waals surface area contributed by atoms with Crippen molar-refractivity contribution in [1.82, 2.24) is 0 Å². The van der Waals surface area contributed by atoms with E-state index in [0.29, 0.717) is 6.42 Å². The highest BCUT2D eigenvalue weighted by atomic mass is 16.4. The number of aromatic carboxylic acids is 1. The Hall–Kier alpha value is -1.64. The van der Waals surface area contributed by atoms with Crippen LogP contribution in [-0.4, -0.2) is 12.2 Å². The Balaban J connectivity index is 2.60. The zero-order chi connectivity index (χ0) is 8.55. The molecule has 0 saturated carbocycles. The molecular weight excluding hydrogens is 154 g/mol.